The molecule has 1 aromatic carbocycles. The lowest BCUT2D eigenvalue weighted by Gasteiger charge is -2.21. The van der Waals surface area contributed by atoms with Crippen LogP contribution in [0.5, 0.6) is 0 Å². The summed E-state index contributed by atoms with van der Waals surface area (Å²) < 4.78 is 1.78. The lowest BCUT2D eigenvalue weighted by atomic mass is 10.1. The van der Waals surface area contributed by atoms with E-state index >= 15 is 0 Å². The van der Waals surface area contributed by atoms with Crippen LogP contribution >= 0.6 is 0 Å². The number of nitrogens with zero attached hydrogens (tertiary/aromatic N) is 2. The largest absolute Gasteiger partial charge is 0.480 e. The number of hydrogen-bond donors (Lipinski definition) is 2. The number of rotatable bonds is 5. The molecule has 0 fully saturated rings. The van der Waals surface area contributed by atoms with Gasteiger partial charge in [0.1, 0.15) is 5.54 Å². The molecular formula is C14H17N3O2. The Morgan fingerprint density at radius 1 is 1.37 bits per heavy atom. The summed E-state index contributed by atoms with van der Waals surface area (Å²) in [5.41, 5.74) is 1.08. The fourth-order valence-corrected chi connectivity index (χ4v) is 1.59. The van der Waals surface area contributed by atoms with Crippen molar-refractivity contribution in [2.45, 2.75) is 25.9 Å². The third-order valence-electron chi connectivity index (χ3n) is 2.97. The van der Waals surface area contributed by atoms with E-state index in [-0.39, 0.29) is 0 Å². The second kappa shape index (κ2) is 5.24. The van der Waals surface area contributed by atoms with Crippen molar-refractivity contribution in [3.8, 4) is 5.69 Å². The van der Waals surface area contributed by atoms with Crippen LogP contribution in [-0.4, -0.2) is 26.4 Å². The van der Waals surface area contributed by atoms with Crippen molar-refractivity contribution in [2.75, 3.05) is 0 Å². The molecule has 2 rings (SSSR count). The van der Waals surface area contributed by atoms with Gasteiger partial charge in [-0.25, -0.2) is 4.68 Å². The number of aromatic nitrogens is 2. The smallest absolute Gasteiger partial charge is 0.323 e. The van der Waals surface area contributed by atoms with Crippen molar-refractivity contribution in [2.24, 2.45) is 0 Å². The molecule has 5 heteroatoms. The monoisotopic (exact) mass is 259 g/mol. The summed E-state index contributed by atoms with van der Waals surface area (Å²) in [5, 5.41) is 16.2. The molecule has 0 saturated heterocycles. The topological polar surface area (TPSA) is 67.2 Å². The summed E-state index contributed by atoms with van der Waals surface area (Å²) in [5.74, 6) is -0.860. The van der Waals surface area contributed by atoms with Crippen molar-refractivity contribution in [3.63, 3.8) is 0 Å². The number of carboxylic acid groups (broad SMARTS) is 1. The first-order valence-electron chi connectivity index (χ1n) is 6.06. The highest BCUT2D eigenvalue weighted by Crippen LogP contribution is 2.10. The van der Waals surface area contributed by atoms with Crippen LogP contribution in [0.3, 0.4) is 0 Å². The Balaban J connectivity index is 2.02. The molecule has 0 aliphatic carbocycles. The number of nitrogens with one attached hydrogen (secondary N) is 1. The van der Waals surface area contributed by atoms with Gasteiger partial charge in [0.05, 0.1) is 5.69 Å². The maximum absolute atomic E-state index is 11.0. The molecule has 0 unspecified atom stereocenters. The van der Waals surface area contributed by atoms with Crippen LogP contribution in [0.1, 0.15) is 19.4 Å². The SMILES string of the molecule is CC(C)(NCc1ccc(-n2cccn2)cc1)C(=O)O. The van der Waals surface area contributed by atoms with Gasteiger partial charge in [0, 0.05) is 18.9 Å². The number of aliphatic carboxylic acids is 1. The van der Waals surface area contributed by atoms with Gasteiger partial charge in [-0.1, -0.05) is 12.1 Å². The van der Waals surface area contributed by atoms with E-state index in [0.29, 0.717) is 6.54 Å². The number of carbonyl (C=O) groups is 1. The van der Waals surface area contributed by atoms with Gasteiger partial charge in [-0.15, -0.1) is 0 Å². The third-order valence-corrected chi connectivity index (χ3v) is 2.97. The van der Waals surface area contributed by atoms with E-state index in [4.69, 9.17) is 5.11 Å². The fourth-order valence-electron chi connectivity index (χ4n) is 1.59. The molecule has 0 saturated carbocycles. The second-order valence-electron chi connectivity index (χ2n) is 4.90. The molecule has 100 valence electrons. The van der Waals surface area contributed by atoms with Gasteiger partial charge < -0.3 is 5.11 Å². The van der Waals surface area contributed by atoms with Crippen LogP contribution in [-0.2, 0) is 11.3 Å². The van der Waals surface area contributed by atoms with Crippen LogP contribution in [0.4, 0.5) is 0 Å². The predicted molar refractivity (Wildman–Crippen MR) is 72.1 cm³/mol. The molecule has 0 radical (unpaired) electrons. The quantitative estimate of drug-likeness (QED) is 0.859. The molecule has 0 aliphatic rings. The lowest BCUT2D eigenvalue weighted by Crippen LogP contribution is -2.46. The van der Waals surface area contributed by atoms with Crippen LogP contribution < -0.4 is 5.32 Å². The first-order chi connectivity index (χ1) is 8.99. The lowest BCUT2D eigenvalue weighted by molar-refractivity contribution is -0.143. The molecular weight excluding hydrogens is 242 g/mol. The van der Waals surface area contributed by atoms with Crippen molar-refractivity contribution < 1.29 is 9.90 Å². The van der Waals surface area contributed by atoms with E-state index in [9.17, 15) is 4.79 Å². The Bertz CT molecular complexity index is 545. The minimum absolute atomic E-state index is 0.513. The Labute approximate surface area is 111 Å². The third kappa shape index (κ3) is 3.20. The Morgan fingerprint density at radius 2 is 2.05 bits per heavy atom. The molecule has 0 atom stereocenters. The molecule has 5 nitrogen and oxygen atoms in total. The average molecular weight is 259 g/mol. The molecule has 1 aromatic heterocycles. The molecule has 0 bridgehead atoms. The van der Waals surface area contributed by atoms with Crippen molar-refractivity contribution in [3.05, 3.63) is 48.3 Å². The van der Waals surface area contributed by atoms with E-state index in [0.717, 1.165) is 11.3 Å². The van der Waals surface area contributed by atoms with Gasteiger partial charge in [0.2, 0.25) is 0 Å². The molecule has 0 aliphatic heterocycles. The first-order valence-corrected chi connectivity index (χ1v) is 6.06. The standard InChI is InChI=1S/C14H17N3O2/c1-14(2,13(18)19)15-10-11-4-6-12(7-5-11)17-9-3-8-16-17/h3-9,15H,10H2,1-2H3,(H,18,19). The summed E-state index contributed by atoms with van der Waals surface area (Å²) in [6.45, 7) is 3.81. The van der Waals surface area contributed by atoms with Crippen molar-refractivity contribution in [1.29, 1.82) is 0 Å². The van der Waals surface area contributed by atoms with E-state index in [1.54, 1.807) is 24.7 Å². The zero-order chi connectivity index (χ0) is 13.9. The zero-order valence-electron chi connectivity index (χ0n) is 11.0. The van der Waals surface area contributed by atoms with Crippen LogP contribution in [0, 0.1) is 0 Å². The molecule has 0 spiro atoms. The molecule has 2 aromatic rings. The second-order valence-corrected chi connectivity index (χ2v) is 4.90. The van der Waals surface area contributed by atoms with Gasteiger partial charge in [0.15, 0.2) is 0 Å². The number of carboxylic acids is 1. The fraction of sp³-hybridized carbons (Fsp3) is 0.286. The Morgan fingerprint density at radius 3 is 2.58 bits per heavy atom. The van der Waals surface area contributed by atoms with E-state index in [1.807, 2.05) is 36.5 Å². The molecule has 2 N–H and O–H groups in total. The normalized spacial score (nSPS) is 11.5. The molecule has 19 heavy (non-hydrogen) atoms. The highest BCUT2D eigenvalue weighted by molar-refractivity contribution is 5.77. The minimum Gasteiger partial charge on any atom is -0.480 e. The summed E-state index contributed by atoms with van der Waals surface area (Å²) in [7, 11) is 0. The van der Waals surface area contributed by atoms with Crippen molar-refractivity contribution >= 4 is 5.97 Å². The highest BCUT2D eigenvalue weighted by atomic mass is 16.4. The minimum atomic E-state index is -0.930. The number of hydrogen-bond acceptors (Lipinski definition) is 3. The van der Waals surface area contributed by atoms with Gasteiger partial charge in [-0.2, -0.15) is 5.10 Å². The zero-order valence-corrected chi connectivity index (χ0v) is 11.0. The number of benzene rings is 1. The van der Waals surface area contributed by atoms with E-state index < -0.39 is 11.5 Å². The Kier molecular flexibility index (Phi) is 3.66. The van der Waals surface area contributed by atoms with E-state index in [1.165, 1.54) is 0 Å². The Hall–Kier alpha value is -2.14. The van der Waals surface area contributed by atoms with Crippen LogP contribution in [0.15, 0.2) is 42.7 Å². The maximum Gasteiger partial charge on any atom is 0.323 e. The molecule has 0 amide bonds. The van der Waals surface area contributed by atoms with Gasteiger partial charge >= 0.3 is 5.97 Å². The van der Waals surface area contributed by atoms with Gasteiger partial charge in [-0.3, -0.25) is 10.1 Å². The first kappa shape index (κ1) is 13.3. The van der Waals surface area contributed by atoms with Crippen LogP contribution in [0.25, 0.3) is 5.69 Å². The van der Waals surface area contributed by atoms with E-state index in [2.05, 4.69) is 10.4 Å². The summed E-state index contributed by atoms with van der Waals surface area (Å²) >= 11 is 0. The average Bonchev–Trinajstić information content (AvgIpc) is 2.91. The van der Waals surface area contributed by atoms with Gasteiger partial charge in [0.25, 0.3) is 0 Å². The predicted octanol–water partition coefficient (Wildman–Crippen LogP) is 1.83. The van der Waals surface area contributed by atoms with Crippen LogP contribution in [0.2, 0.25) is 0 Å². The van der Waals surface area contributed by atoms with Crippen molar-refractivity contribution in [1.82, 2.24) is 15.1 Å². The summed E-state index contributed by atoms with van der Waals surface area (Å²) in [6, 6.07) is 9.70. The summed E-state index contributed by atoms with van der Waals surface area (Å²) in [6.07, 6.45) is 3.60. The molecule has 1 heterocycles. The summed E-state index contributed by atoms with van der Waals surface area (Å²) in [4.78, 5) is 11.0. The van der Waals surface area contributed by atoms with Gasteiger partial charge in [-0.05, 0) is 37.6 Å². The maximum atomic E-state index is 11.0. The highest BCUT2D eigenvalue weighted by Gasteiger charge is 2.25.